The van der Waals surface area contributed by atoms with Crippen LogP contribution in [0.3, 0.4) is 0 Å². The average molecular weight is 277 g/mol. The first-order chi connectivity index (χ1) is 9.58. The lowest BCUT2D eigenvalue weighted by molar-refractivity contribution is -0.123. The number of amides is 2. The van der Waals surface area contributed by atoms with Gasteiger partial charge in [0.25, 0.3) is 0 Å². The Balaban J connectivity index is 2.16. The Morgan fingerprint density at radius 1 is 1.05 bits per heavy atom. The zero-order valence-electron chi connectivity index (χ0n) is 11.2. The van der Waals surface area contributed by atoms with Crippen molar-refractivity contribution in [2.45, 2.75) is 25.3 Å². The topological polar surface area (TPSA) is 98.6 Å². The van der Waals surface area contributed by atoms with E-state index in [9.17, 15) is 9.59 Å². The van der Waals surface area contributed by atoms with Gasteiger partial charge in [-0.15, -0.1) is 0 Å². The van der Waals surface area contributed by atoms with Crippen molar-refractivity contribution in [1.29, 1.82) is 0 Å². The average Bonchev–Trinajstić information content (AvgIpc) is 2.41. The molecule has 1 unspecified atom stereocenters. The van der Waals surface area contributed by atoms with Crippen LogP contribution in [0.4, 0.5) is 4.79 Å². The van der Waals surface area contributed by atoms with Crippen molar-refractivity contribution in [1.82, 2.24) is 4.90 Å². The first-order valence-electron chi connectivity index (χ1n) is 6.68. The highest BCUT2D eigenvalue weighted by Gasteiger charge is 2.26. The summed E-state index contributed by atoms with van der Waals surface area (Å²) in [6.07, 6.45) is 2.48. The van der Waals surface area contributed by atoms with Gasteiger partial charge in [0.05, 0.1) is 0 Å². The molecule has 0 saturated carbocycles. The Bertz CT molecular complexity index is 481. The molecule has 0 spiro atoms. The largest absolute Gasteiger partial charge is 0.411 e. The van der Waals surface area contributed by atoms with Crippen molar-refractivity contribution in [2.75, 3.05) is 13.1 Å². The highest BCUT2D eigenvalue weighted by Crippen LogP contribution is 2.26. The second-order valence-electron chi connectivity index (χ2n) is 4.89. The molecule has 0 radical (unpaired) electrons. The van der Waals surface area contributed by atoms with Crippen molar-refractivity contribution in [3.63, 3.8) is 0 Å². The van der Waals surface area contributed by atoms with Gasteiger partial charge in [0.2, 0.25) is 5.91 Å². The molecule has 2 rings (SSSR count). The number of carbonyl (C=O) groups is 2. The second kappa shape index (κ2) is 6.38. The van der Waals surface area contributed by atoms with Crippen molar-refractivity contribution < 1.29 is 14.3 Å². The summed E-state index contributed by atoms with van der Waals surface area (Å²) in [4.78, 5) is 24.5. The summed E-state index contributed by atoms with van der Waals surface area (Å²) in [5.74, 6) is -0.0152. The fraction of sp³-hybridized carbons (Fsp3) is 0.429. The molecule has 0 bridgehead atoms. The molecule has 2 amide bonds. The number of hydrogen-bond donors (Lipinski definition) is 2. The highest BCUT2D eigenvalue weighted by molar-refractivity contribution is 5.81. The smallest absolute Gasteiger partial charge is 0.409 e. The SMILES string of the molecule is NC(=O)Oc1ccc(C(C(N)=O)N2CCCCC2)cc1. The zero-order valence-corrected chi connectivity index (χ0v) is 11.2. The van der Waals surface area contributed by atoms with Crippen LogP contribution in [0.5, 0.6) is 5.75 Å². The quantitative estimate of drug-likeness (QED) is 0.862. The second-order valence-corrected chi connectivity index (χ2v) is 4.89. The molecule has 1 aromatic carbocycles. The van der Waals surface area contributed by atoms with Crippen molar-refractivity contribution in [3.8, 4) is 5.75 Å². The molecular formula is C14H19N3O3. The van der Waals surface area contributed by atoms with E-state index >= 15 is 0 Å². The third kappa shape index (κ3) is 3.48. The van der Waals surface area contributed by atoms with Crippen molar-refractivity contribution >= 4 is 12.0 Å². The van der Waals surface area contributed by atoms with Crippen LogP contribution in [0.2, 0.25) is 0 Å². The molecule has 1 fully saturated rings. The Morgan fingerprint density at radius 2 is 1.65 bits per heavy atom. The first-order valence-corrected chi connectivity index (χ1v) is 6.68. The van der Waals surface area contributed by atoms with Crippen LogP contribution in [0.1, 0.15) is 30.9 Å². The maximum Gasteiger partial charge on any atom is 0.409 e. The molecule has 4 N–H and O–H groups in total. The number of nitrogens with zero attached hydrogens (tertiary/aromatic N) is 1. The summed E-state index contributed by atoms with van der Waals surface area (Å²) in [5.41, 5.74) is 11.3. The van der Waals surface area contributed by atoms with Gasteiger partial charge in [0.1, 0.15) is 11.8 Å². The number of carbonyl (C=O) groups excluding carboxylic acids is 2. The van der Waals surface area contributed by atoms with Crippen molar-refractivity contribution in [3.05, 3.63) is 29.8 Å². The Morgan fingerprint density at radius 3 is 2.15 bits per heavy atom. The monoisotopic (exact) mass is 277 g/mol. The van der Waals surface area contributed by atoms with Crippen LogP contribution < -0.4 is 16.2 Å². The van der Waals surface area contributed by atoms with E-state index in [2.05, 4.69) is 4.90 Å². The molecule has 1 aliphatic rings. The number of benzene rings is 1. The maximum atomic E-state index is 11.7. The summed E-state index contributed by atoms with van der Waals surface area (Å²) in [6.45, 7) is 1.74. The standard InChI is InChI=1S/C14H19N3O3/c15-13(18)12(17-8-2-1-3-9-17)10-4-6-11(7-5-10)20-14(16)19/h4-7,12H,1-3,8-9H2,(H2,15,18)(H2,16,19). The zero-order chi connectivity index (χ0) is 14.5. The number of ether oxygens (including phenoxy) is 1. The molecule has 20 heavy (non-hydrogen) atoms. The molecule has 108 valence electrons. The first kappa shape index (κ1) is 14.3. The summed E-state index contributed by atoms with van der Waals surface area (Å²) in [5, 5.41) is 0. The van der Waals surface area contributed by atoms with E-state index in [0.717, 1.165) is 31.5 Å². The molecule has 0 aromatic heterocycles. The minimum atomic E-state index is -0.861. The molecule has 1 heterocycles. The van der Waals surface area contributed by atoms with Crippen LogP contribution in [0.15, 0.2) is 24.3 Å². The lowest BCUT2D eigenvalue weighted by Gasteiger charge is -2.32. The van der Waals surface area contributed by atoms with E-state index in [1.807, 2.05) is 0 Å². The van der Waals surface area contributed by atoms with Crippen LogP contribution in [0, 0.1) is 0 Å². The third-order valence-electron chi connectivity index (χ3n) is 3.44. The minimum absolute atomic E-state index is 0.350. The molecule has 0 aliphatic carbocycles. The van der Waals surface area contributed by atoms with Crippen molar-refractivity contribution in [2.24, 2.45) is 11.5 Å². The summed E-state index contributed by atoms with van der Waals surface area (Å²) in [7, 11) is 0. The normalized spacial score (nSPS) is 17.4. The molecule has 1 aromatic rings. The lowest BCUT2D eigenvalue weighted by atomic mass is 10.0. The summed E-state index contributed by atoms with van der Waals surface area (Å²) < 4.78 is 4.76. The third-order valence-corrected chi connectivity index (χ3v) is 3.44. The minimum Gasteiger partial charge on any atom is -0.411 e. The van der Waals surface area contributed by atoms with Gasteiger partial charge in [-0.3, -0.25) is 9.69 Å². The number of nitrogens with two attached hydrogens (primary N) is 2. The Labute approximate surface area is 117 Å². The van der Waals surface area contributed by atoms with Gasteiger partial charge < -0.3 is 16.2 Å². The van der Waals surface area contributed by atoms with Gasteiger partial charge in [-0.05, 0) is 43.6 Å². The van der Waals surface area contributed by atoms with E-state index in [0.29, 0.717) is 5.75 Å². The number of primary amides is 2. The predicted octanol–water partition coefficient (Wildman–Crippen LogP) is 1.16. The van der Waals surface area contributed by atoms with Gasteiger partial charge in [0, 0.05) is 0 Å². The lowest BCUT2D eigenvalue weighted by Crippen LogP contribution is -2.40. The van der Waals surface area contributed by atoms with E-state index in [1.165, 1.54) is 6.42 Å². The molecule has 1 aliphatic heterocycles. The molecular weight excluding hydrogens is 258 g/mol. The van der Waals surface area contributed by atoms with Gasteiger partial charge in [0.15, 0.2) is 0 Å². The van der Waals surface area contributed by atoms with E-state index in [4.69, 9.17) is 16.2 Å². The number of piperidine rings is 1. The van der Waals surface area contributed by atoms with Gasteiger partial charge >= 0.3 is 6.09 Å². The molecule has 1 atom stereocenters. The fourth-order valence-electron chi connectivity index (χ4n) is 2.57. The maximum absolute atomic E-state index is 11.7. The number of hydrogen-bond acceptors (Lipinski definition) is 4. The van der Waals surface area contributed by atoms with Gasteiger partial charge in [-0.25, -0.2) is 4.79 Å². The number of rotatable bonds is 4. The van der Waals surface area contributed by atoms with Crippen LogP contribution in [-0.2, 0) is 4.79 Å². The van der Waals surface area contributed by atoms with E-state index < -0.39 is 12.1 Å². The summed E-state index contributed by atoms with van der Waals surface area (Å²) in [6, 6.07) is 6.27. The molecule has 1 saturated heterocycles. The predicted molar refractivity (Wildman–Crippen MR) is 74.0 cm³/mol. The fourth-order valence-corrected chi connectivity index (χ4v) is 2.57. The van der Waals surface area contributed by atoms with E-state index in [1.54, 1.807) is 24.3 Å². The highest BCUT2D eigenvalue weighted by atomic mass is 16.5. The van der Waals surface area contributed by atoms with Crippen LogP contribution in [0.25, 0.3) is 0 Å². The Hall–Kier alpha value is -2.08. The van der Waals surface area contributed by atoms with Crippen LogP contribution in [-0.4, -0.2) is 30.0 Å². The van der Waals surface area contributed by atoms with Crippen LogP contribution >= 0.6 is 0 Å². The summed E-state index contributed by atoms with van der Waals surface area (Å²) >= 11 is 0. The van der Waals surface area contributed by atoms with E-state index in [-0.39, 0.29) is 5.91 Å². The molecule has 6 heteroatoms. The Kier molecular flexibility index (Phi) is 4.57. The molecule has 6 nitrogen and oxygen atoms in total. The van der Waals surface area contributed by atoms with Gasteiger partial charge in [-0.2, -0.15) is 0 Å². The number of likely N-dealkylation sites (tertiary alicyclic amines) is 1. The van der Waals surface area contributed by atoms with Gasteiger partial charge in [-0.1, -0.05) is 18.6 Å².